The lowest BCUT2D eigenvalue weighted by Crippen LogP contribution is -2.48. The number of ether oxygens (including phenoxy) is 1. The van der Waals surface area contributed by atoms with Crippen LogP contribution in [0.5, 0.6) is 0 Å². The first-order chi connectivity index (χ1) is 10.4. The molecule has 0 unspecified atom stereocenters. The summed E-state index contributed by atoms with van der Waals surface area (Å²) in [5.74, 6) is -0.555. The molecule has 0 radical (unpaired) electrons. The van der Waals surface area contributed by atoms with E-state index in [4.69, 9.17) is 4.74 Å². The second-order valence-electron chi connectivity index (χ2n) is 5.24. The highest BCUT2D eigenvalue weighted by molar-refractivity contribution is 7.98. The van der Waals surface area contributed by atoms with Gasteiger partial charge in [-0.3, -0.25) is 4.79 Å². The largest absolute Gasteiger partial charge is 0.365 e. The molecule has 1 aromatic rings. The molecular formula is C15H21NO4S2. The van der Waals surface area contributed by atoms with Crippen molar-refractivity contribution in [2.24, 2.45) is 0 Å². The number of sulfonamides is 1. The maximum absolute atomic E-state index is 12.4. The third-order valence-electron chi connectivity index (χ3n) is 3.84. The van der Waals surface area contributed by atoms with Crippen molar-refractivity contribution in [1.82, 2.24) is 4.72 Å². The maximum atomic E-state index is 12.4. The van der Waals surface area contributed by atoms with Crippen LogP contribution in [0.1, 0.15) is 32.6 Å². The van der Waals surface area contributed by atoms with Crippen LogP contribution in [0.3, 0.4) is 0 Å². The van der Waals surface area contributed by atoms with Gasteiger partial charge in [-0.25, -0.2) is 13.1 Å². The van der Waals surface area contributed by atoms with E-state index in [9.17, 15) is 13.2 Å². The molecule has 0 saturated heterocycles. The van der Waals surface area contributed by atoms with E-state index in [0.29, 0.717) is 19.4 Å². The summed E-state index contributed by atoms with van der Waals surface area (Å²) in [6, 6.07) is 6.45. The number of hydrogen-bond donors (Lipinski definition) is 1. The van der Waals surface area contributed by atoms with E-state index in [-0.39, 0.29) is 4.90 Å². The van der Waals surface area contributed by atoms with Gasteiger partial charge in [0.15, 0.2) is 0 Å². The number of carbonyl (C=O) groups is 1. The summed E-state index contributed by atoms with van der Waals surface area (Å²) in [5.41, 5.74) is -0.999. The molecule has 1 aromatic carbocycles. The molecule has 1 amide bonds. The van der Waals surface area contributed by atoms with Gasteiger partial charge in [-0.15, -0.1) is 11.8 Å². The molecule has 22 heavy (non-hydrogen) atoms. The minimum Gasteiger partial charge on any atom is -0.365 e. The van der Waals surface area contributed by atoms with Crippen LogP contribution in [-0.4, -0.2) is 32.8 Å². The fourth-order valence-electron chi connectivity index (χ4n) is 2.69. The molecule has 122 valence electrons. The van der Waals surface area contributed by atoms with Gasteiger partial charge in [0, 0.05) is 11.5 Å². The summed E-state index contributed by atoms with van der Waals surface area (Å²) in [6.07, 6.45) is 4.78. The van der Waals surface area contributed by atoms with Crippen molar-refractivity contribution in [3.63, 3.8) is 0 Å². The van der Waals surface area contributed by atoms with Crippen molar-refractivity contribution >= 4 is 27.7 Å². The summed E-state index contributed by atoms with van der Waals surface area (Å²) in [6.45, 7) is 2.19. The van der Waals surface area contributed by atoms with E-state index in [1.165, 1.54) is 23.9 Å². The smallest absolute Gasteiger partial charge is 0.265 e. The van der Waals surface area contributed by atoms with E-state index in [1.807, 2.05) is 13.2 Å². The van der Waals surface area contributed by atoms with Crippen LogP contribution in [-0.2, 0) is 19.6 Å². The Labute approximate surface area is 135 Å². The molecule has 1 N–H and O–H groups in total. The van der Waals surface area contributed by atoms with E-state index >= 15 is 0 Å². The van der Waals surface area contributed by atoms with Crippen LogP contribution in [0, 0.1) is 0 Å². The molecule has 7 heteroatoms. The van der Waals surface area contributed by atoms with E-state index < -0.39 is 21.5 Å². The van der Waals surface area contributed by atoms with Crippen molar-refractivity contribution < 1.29 is 17.9 Å². The predicted octanol–water partition coefficient (Wildman–Crippen LogP) is 2.56. The van der Waals surface area contributed by atoms with Gasteiger partial charge in [-0.1, -0.05) is 0 Å². The molecular weight excluding hydrogens is 322 g/mol. The summed E-state index contributed by atoms with van der Waals surface area (Å²) >= 11 is 1.53. The molecule has 1 aliphatic rings. The Balaban J connectivity index is 2.18. The molecule has 1 aliphatic carbocycles. The average molecular weight is 343 g/mol. The minimum absolute atomic E-state index is 0.0864. The van der Waals surface area contributed by atoms with Crippen LogP contribution in [0.4, 0.5) is 0 Å². The lowest BCUT2D eigenvalue weighted by molar-refractivity contribution is -0.143. The first kappa shape index (κ1) is 17.3. The third kappa shape index (κ3) is 3.64. The Bertz CT molecular complexity index is 619. The number of nitrogens with one attached hydrogen (secondary N) is 1. The van der Waals surface area contributed by atoms with Crippen molar-refractivity contribution in [2.75, 3.05) is 12.9 Å². The molecule has 1 saturated carbocycles. The highest BCUT2D eigenvalue weighted by Crippen LogP contribution is 2.33. The molecule has 0 spiro atoms. The van der Waals surface area contributed by atoms with Gasteiger partial charge in [-0.05, 0) is 63.1 Å². The topological polar surface area (TPSA) is 72.5 Å². The van der Waals surface area contributed by atoms with Crippen molar-refractivity contribution in [2.45, 2.75) is 48.0 Å². The Kier molecular flexibility index (Phi) is 5.52. The number of thioether (sulfide) groups is 1. The first-order valence-electron chi connectivity index (χ1n) is 7.29. The van der Waals surface area contributed by atoms with Gasteiger partial charge < -0.3 is 4.74 Å². The highest BCUT2D eigenvalue weighted by Gasteiger charge is 2.43. The first-order valence-corrected chi connectivity index (χ1v) is 9.99. The second-order valence-corrected chi connectivity index (χ2v) is 7.81. The quantitative estimate of drug-likeness (QED) is 0.804. The minimum atomic E-state index is -3.87. The molecule has 5 nitrogen and oxygen atoms in total. The monoisotopic (exact) mass is 343 g/mol. The number of rotatable bonds is 6. The summed E-state index contributed by atoms with van der Waals surface area (Å²) in [4.78, 5) is 13.5. The van der Waals surface area contributed by atoms with Crippen LogP contribution >= 0.6 is 11.8 Å². The fraction of sp³-hybridized carbons (Fsp3) is 0.533. The second kappa shape index (κ2) is 7.02. The Hall–Kier alpha value is -1.05. The van der Waals surface area contributed by atoms with Crippen molar-refractivity contribution in [1.29, 1.82) is 0 Å². The van der Waals surface area contributed by atoms with Crippen LogP contribution in [0.2, 0.25) is 0 Å². The van der Waals surface area contributed by atoms with E-state index in [2.05, 4.69) is 4.72 Å². The fourth-order valence-corrected chi connectivity index (χ4v) is 4.14. The molecule has 0 aromatic heterocycles. The molecule has 1 fully saturated rings. The van der Waals surface area contributed by atoms with E-state index in [1.54, 1.807) is 12.1 Å². The maximum Gasteiger partial charge on any atom is 0.265 e. The lowest BCUT2D eigenvalue weighted by Gasteiger charge is -2.27. The molecule has 2 rings (SSSR count). The number of benzene rings is 1. The van der Waals surface area contributed by atoms with Gasteiger partial charge in [0.05, 0.1) is 4.90 Å². The van der Waals surface area contributed by atoms with Gasteiger partial charge in [0.1, 0.15) is 5.60 Å². The summed E-state index contributed by atoms with van der Waals surface area (Å²) in [7, 11) is -3.87. The molecule has 0 aliphatic heterocycles. The summed E-state index contributed by atoms with van der Waals surface area (Å²) < 4.78 is 32.5. The van der Waals surface area contributed by atoms with Crippen molar-refractivity contribution in [3.05, 3.63) is 24.3 Å². The Morgan fingerprint density at radius 2 is 1.86 bits per heavy atom. The molecule has 0 atom stereocenters. The van der Waals surface area contributed by atoms with Gasteiger partial charge in [-0.2, -0.15) is 0 Å². The molecule has 0 bridgehead atoms. The lowest BCUT2D eigenvalue weighted by atomic mass is 10.0. The SMILES string of the molecule is CCOC1(C(=O)NS(=O)(=O)c2ccc(SC)cc2)CCCC1. The highest BCUT2D eigenvalue weighted by atomic mass is 32.2. The third-order valence-corrected chi connectivity index (χ3v) is 5.93. The summed E-state index contributed by atoms with van der Waals surface area (Å²) in [5, 5.41) is 0. The average Bonchev–Trinajstić information content (AvgIpc) is 2.97. The zero-order chi connectivity index (χ0) is 16.2. The number of carbonyl (C=O) groups excluding carboxylic acids is 1. The van der Waals surface area contributed by atoms with Gasteiger partial charge in [0.2, 0.25) is 0 Å². The zero-order valence-corrected chi connectivity index (χ0v) is 14.4. The van der Waals surface area contributed by atoms with Crippen LogP contribution in [0.15, 0.2) is 34.1 Å². The Morgan fingerprint density at radius 3 is 2.36 bits per heavy atom. The number of hydrogen-bond acceptors (Lipinski definition) is 5. The standard InChI is InChI=1S/C15H21NO4S2/c1-3-20-15(10-4-5-11-15)14(17)16-22(18,19)13-8-6-12(21-2)7-9-13/h6-9H,3-5,10-11H2,1-2H3,(H,16,17). The van der Waals surface area contributed by atoms with Crippen LogP contribution in [0.25, 0.3) is 0 Å². The number of amides is 1. The Morgan fingerprint density at radius 1 is 1.27 bits per heavy atom. The predicted molar refractivity (Wildman–Crippen MR) is 86.4 cm³/mol. The van der Waals surface area contributed by atoms with Gasteiger partial charge in [0.25, 0.3) is 15.9 Å². The van der Waals surface area contributed by atoms with E-state index in [0.717, 1.165) is 17.7 Å². The van der Waals surface area contributed by atoms with Crippen LogP contribution < -0.4 is 4.72 Å². The van der Waals surface area contributed by atoms with Gasteiger partial charge >= 0.3 is 0 Å². The van der Waals surface area contributed by atoms with Crippen molar-refractivity contribution in [3.8, 4) is 0 Å². The normalized spacial score (nSPS) is 17.4. The zero-order valence-electron chi connectivity index (χ0n) is 12.8. The molecule has 0 heterocycles.